The number of fused-ring (bicyclic) bond motifs is 1. The summed E-state index contributed by atoms with van der Waals surface area (Å²) in [6.07, 6.45) is 6.63. The molecule has 0 atom stereocenters. The Kier molecular flexibility index (Phi) is 4.04. The van der Waals surface area contributed by atoms with Gasteiger partial charge in [-0.15, -0.1) is 0 Å². The lowest BCUT2D eigenvalue weighted by molar-refractivity contribution is -0.384. The van der Waals surface area contributed by atoms with Gasteiger partial charge in [-0.05, 0) is 18.9 Å². The van der Waals surface area contributed by atoms with E-state index in [1.165, 1.54) is 25.0 Å². The van der Waals surface area contributed by atoms with Crippen LogP contribution in [-0.2, 0) is 0 Å². The lowest BCUT2D eigenvalue weighted by atomic mass is 10.1. The average Bonchev–Trinajstić information content (AvgIpc) is 2.76. The van der Waals surface area contributed by atoms with Crippen LogP contribution in [0.25, 0.3) is 10.9 Å². The van der Waals surface area contributed by atoms with Gasteiger partial charge in [0.25, 0.3) is 11.6 Å². The van der Waals surface area contributed by atoms with E-state index in [0.29, 0.717) is 10.9 Å². The van der Waals surface area contributed by atoms with E-state index < -0.39 is 4.92 Å². The molecular formula is C15H18N4O3. The maximum Gasteiger partial charge on any atom is 0.272 e. The number of nitro benzene ring substituents is 1. The quantitative estimate of drug-likeness (QED) is 0.517. The summed E-state index contributed by atoms with van der Waals surface area (Å²) in [5.41, 5.74) is 0.803. The minimum absolute atomic E-state index is 0.0441. The van der Waals surface area contributed by atoms with Crippen molar-refractivity contribution in [2.45, 2.75) is 44.6 Å². The fraction of sp³-hybridized carbons (Fsp3) is 0.467. The van der Waals surface area contributed by atoms with Crippen LogP contribution in [0.15, 0.2) is 18.2 Å². The summed E-state index contributed by atoms with van der Waals surface area (Å²) in [7, 11) is 0. The molecule has 1 fully saturated rings. The van der Waals surface area contributed by atoms with Crippen LogP contribution in [-0.4, -0.2) is 27.1 Å². The van der Waals surface area contributed by atoms with Crippen molar-refractivity contribution in [3.8, 4) is 0 Å². The van der Waals surface area contributed by atoms with Crippen molar-refractivity contribution in [1.82, 2.24) is 15.5 Å². The lowest BCUT2D eigenvalue weighted by Crippen LogP contribution is -2.34. The smallest absolute Gasteiger partial charge is 0.272 e. The van der Waals surface area contributed by atoms with Crippen LogP contribution in [0.5, 0.6) is 0 Å². The molecule has 0 spiro atoms. The van der Waals surface area contributed by atoms with Crippen molar-refractivity contribution >= 4 is 22.5 Å². The first-order chi connectivity index (χ1) is 10.6. The number of aromatic amines is 1. The number of amides is 1. The minimum atomic E-state index is -0.473. The maximum absolute atomic E-state index is 12.4. The first-order valence-corrected chi connectivity index (χ1v) is 7.58. The van der Waals surface area contributed by atoms with Crippen LogP contribution < -0.4 is 5.32 Å². The number of benzene rings is 1. The molecule has 1 aromatic carbocycles. The van der Waals surface area contributed by atoms with Gasteiger partial charge in [-0.1, -0.05) is 25.7 Å². The summed E-state index contributed by atoms with van der Waals surface area (Å²) in [6.45, 7) is 0. The normalized spacial score (nSPS) is 16.4. The van der Waals surface area contributed by atoms with Crippen molar-refractivity contribution in [3.63, 3.8) is 0 Å². The van der Waals surface area contributed by atoms with E-state index in [0.717, 1.165) is 25.7 Å². The molecule has 3 rings (SSSR count). The standard InChI is InChI=1S/C15H18N4O3/c20-15(16-10-5-3-1-2-4-6-10)14-12-9-11(19(21)22)7-8-13(12)17-18-14/h7-10H,1-6H2,(H,16,20)(H,17,18). The Labute approximate surface area is 127 Å². The predicted molar refractivity (Wildman–Crippen MR) is 81.7 cm³/mol. The van der Waals surface area contributed by atoms with Gasteiger partial charge in [0.05, 0.1) is 10.4 Å². The second-order valence-corrected chi connectivity index (χ2v) is 5.72. The molecule has 22 heavy (non-hydrogen) atoms. The van der Waals surface area contributed by atoms with Gasteiger partial charge in [0.1, 0.15) is 0 Å². The minimum Gasteiger partial charge on any atom is -0.348 e. The molecule has 0 unspecified atom stereocenters. The Morgan fingerprint density at radius 1 is 1.27 bits per heavy atom. The highest BCUT2D eigenvalue weighted by atomic mass is 16.6. The monoisotopic (exact) mass is 302 g/mol. The summed E-state index contributed by atoms with van der Waals surface area (Å²) < 4.78 is 0. The molecule has 1 saturated carbocycles. The van der Waals surface area contributed by atoms with Gasteiger partial charge in [0.15, 0.2) is 5.69 Å². The molecule has 1 aliphatic rings. The molecule has 0 saturated heterocycles. The molecule has 1 amide bonds. The molecule has 0 bridgehead atoms. The number of nitro groups is 1. The number of carbonyl (C=O) groups excluding carboxylic acids is 1. The third kappa shape index (κ3) is 2.93. The molecule has 116 valence electrons. The molecule has 7 heteroatoms. The van der Waals surface area contributed by atoms with E-state index in [-0.39, 0.29) is 23.3 Å². The van der Waals surface area contributed by atoms with Crippen LogP contribution in [0.3, 0.4) is 0 Å². The fourth-order valence-electron chi connectivity index (χ4n) is 2.97. The zero-order chi connectivity index (χ0) is 15.5. The fourth-order valence-corrected chi connectivity index (χ4v) is 2.97. The third-order valence-corrected chi connectivity index (χ3v) is 4.16. The van der Waals surface area contributed by atoms with Crippen molar-refractivity contribution in [2.24, 2.45) is 0 Å². The molecule has 2 aromatic rings. The van der Waals surface area contributed by atoms with Gasteiger partial charge >= 0.3 is 0 Å². The summed E-state index contributed by atoms with van der Waals surface area (Å²) >= 11 is 0. The number of hydrogen-bond donors (Lipinski definition) is 2. The van der Waals surface area contributed by atoms with E-state index in [4.69, 9.17) is 0 Å². The largest absolute Gasteiger partial charge is 0.348 e. The zero-order valence-corrected chi connectivity index (χ0v) is 12.2. The number of non-ortho nitro benzene ring substituents is 1. The average molecular weight is 302 g/mol. The summed E-state index contributed by atoms with van der Waals surface area (Å²) in [6, 6.07) is 4.53. The van der Waals surface area contributed by atoms with Crippen LogP contribution >= 0.6 is 0 Å². The second kappa shape index (κ2) is 6.13. The first kappa shape index (κ1) is 14.5. The number of H-pyrrole nitrogens is 1. The van der Waals surface area contributed by atoms with Gasteiger partial charge in [0.2, 0.25) is 0 Å². The second-order valence-electron chi connectivity index (χ2n) is 5.72. The Balaban J connectivity index is 1.83. The molecule has 1 heterocycles. The highest BCUT2D eigenvalue weighted by Gasteiger charge is 2.20. The van der Waals surface area contributed by atoms with Gasteiger partial charge in [-0.2, -0.15) is 5.10 Å². The number of carbonyl (C=O) groups is 1. The molecular weight excluding hydrogens is 284 g/mol. The van der Waals surface area contributed by atoms with E-state index in [1.807, 2.05) is 0 Å². The van der Waals surface area contributed by atoms with Gasteiger partial charge < -0.3 is 5.32 Å². The predicted octanol–water partition coefficient (Wildman–Crippen LogP) is 2.92. The summed E-state index contributed by atoms with van der Waals surface area (Å²) in [5.74, 6) is -0.265. The number of rotatable bonds is 3. The molecule has 7 nitrogen and oxygen atoms in total. The van der Waals surface area contributed by atoms with Crippen molar-refractivity contribution < 1.29 is 9.72 Å². The third-order valence-electron chi connectivity index (χ3n) is 4.16. The van der Waals surface area contributed by atoms with Crippen LogP contribution in [0.1, 0.15) is 49.0 Å². The molecule has 0 radical (unpaired) electrons. The van der Waals surface area contributed by atoms with E-state index in [1.54, 1.807) is 6.07 Å². The van der Waals surface area contributed by atoms with Crippen LogP contribution in [0.4, 0.5) is 5.69 Å². The van der Waals surface area contributed by atoms with Crippen LogP contribution in [0.2, 0.25) is 0 Å². The Bertz CT molecular complexity index is 702. The highest BCUT2D eigenvalue weighted by molar-refractivity contribution is 6.05. The SMILES string of the molecule is O=C(NC1CCCCCC1)c1n[nH]c2ccc([N+](=O)[O-])cc12. The van der Waals surface area contributed by atoms with Crippen molar-refractivity contribution in [1.29, 1.82) is 0 Å². The van der Waals surface area contributed by atoms with Crippen molar-refractivity contribution in [2.75, 3.05) is 0 Å². The molecule has 0 aliphatic heterocycles. The molecule has 1 aliphatic carbocycles. The number of nitrogens with zero attached hydrogens (tertiary/aromatic N) is 2. The van der Waals surface area contributed by atoms with E-state index >= 15 is 0 Å². The molecule has 1 aromatic heterocycles. The zero-order valence-electron chi connectivity index (χ0n) is 12.2. The van der Waals surface area contributed by atoms with Gasteiger partial charge in [-0.25, -0.2) is 0 Å². The Morgan fingerprint density at radius 3 is 2.68 bits per heavy atom. The van der Waals surface area contributed by atoms with Gasteiger partial charge in [0, 0.05) is 23.6 Å². The maximum atomic E-state index is 12.4. The van der Waals surface area contributed by atoms with E-state index in [9.17, 15) is 14.9 Å². The number of aromatic nitrogens is 2. The Morgan fingerprint density at radius 2 is 2.00 bits per heavy atom. The topological polar surface area (TPSA) is 101 Å². The number of nitrogens with one attached hydrogen (secondary N) is 2. The molecule has 2 N–H and O–H groups in total. The first-order valence-electron chi connectivity index (χ1n) is 7.58. The van der Waals surface area contributed by atoms with E-state index in [2.05, 4.69) is 15.5 Å². The van der Waals surface area contributed by atoms with Gasteiger partial charge in [-0.3, -0.25) is 20.0 Å². The highest BCUT2D eigenvalue weighted by Crippen LogP contribution is 2.23. The van der Waals surface area contributed by atoms with Crippen LogP contribution in [0, 0.1) is 10.1 Å². The lowest BCUT2D eigenvalue weighted by Gasteiger charge is -2.15. The summed E-state index contributed by atoms with van der Waals surface area (Å²) in [5, 5.41) is 21.2. The summed E-state index contributed by atoms with van der Waals surface area (Å²) in [4.78, 5) is 22.8. The number of hydrogen-bond acceptors (Lipinski definition) is 4. The Hall–Kier alpha value is -2.44. The van der Waals surface area contributed by atoms with Crippen molar-refractivity contribution in [3.05, 3.63) is 34.0 Å².